The van der Waals surface area contributed by atoms with Crippen LogP contribution in [0.15, 0.2) is 24.3 Å². The van der Waals surface area contributed by atoms with Crippen molar-refractivity contribution in [2.75, 3.05) is 13.7 Å². The van der Waals surface area contributed by atoms with Crippen molar-refractivity contribution in [3.63, 3.8) is 0 Å². The predicted octanol–water partition coefficient (Wildman–Crippen LogP) is 3.34. The molecule has 26 heavy (non-hydrogen) atoms. The third-order valence-electron chi connectivity index (χ3n) is 4.90. The van der Waals surface area contributed by atoms with Gasteiger partial charge in [-0.2, -0.15) is 0 Å². The van der Waals surface area contributed by atoms with Crippen molar-refractivity contribution in [2.24, 2.45) is 17.6 Å². The molecule has 0 aromatic heterocycles. The van der Waals surface area contributed by atoms with Gasteiger partial charge in [-0.3, -0.25) is 4.79 Å². The van der Waals surface area contributed by atoms with E-state index in [1.807, 2.05) is 19.1 Å². The highest BCUT2D eigenvalue weighted by Crippen LogP contribution is 2.28. The average Bonchev–Trinajstić information content (AvgIpc) is 2.65. The first kappa shape index (κ1) is 20.7. The first-order valence-corrected chi connectivity index (χ1v) is 9.61. The molecule has 4 atom stereocenters. The third-order valence-corrected chi connectivity index (χ3v) is 4.90. The van der Waals surface area contributed by atoms with Crippen LogP contribution >= 0.6 is 0 Å². The third kappa shape index (κ3) is 5.99. The average molecular weight is 363 g/mol. The summed E-state index contributed by atoms with van der Waals surface area (Å²) in [6.45, 7) is 6.82. The minimum absolute atomic E-state index is 0.131. The summed E-state index contributed by atoms with van der Waals surface area (Å²) in [5.74, 6) is 1.23. The molecule has 0 spiro atoms. The molecule has 0 bridgehead atoms. The Bertz CT molecular complexity index is 558. The van der Waals surface area contributed by atoms with Gasteiger partial charge in [0.15, 0.2) is 0 Å². The van der Waals surface area contributed by atoms with Gasteiger partial charge >= 0.3 is 5.97 Å². The van der Waals surface area contributed by atoms with Crippen molar-refractivity contribution in [1.82, 2.24) is 0 Å². The highest BCUT2D eigenvalue weighted by Gasteiger charge is 2.33. The van der Waals surface area contributed by atoms with Gasteiger partial charge < -0.3 is 19.9 Å². The summed E-state index contributed by atoms with van der Waals surface area (Å²) in [5.41, 5.74) is 7.18. The first-order chi connectivity index (χ1) is 12.4. The predicted molar refractivity (Wildman–Crippen MR) is 102 cm³/mol. The van der Waals surface area contributed by atoms with Gasteiger partial charge in [0.1, 0.15) is 17.9 Å². The van der Waals surface area contributed by atoms with Gasteiger partial charge in [0.2, 0.25) is 0 Å². The number of carbonyl (C=O) groups is 1. The van der Waals surface area contributed by atoms with E-state index in [2.05, 4.69) is 26.0 Å². The molecule has 0 radical (unpaired) electrons. The van der Waals surface area contributed by atoms with E-state index in [1.54, 1.807) is 7.11 Å². The van der Waals surface area contributed by atoms with Gasteiger partial charge in [-0.25, -0.2) is 0 Å². The van der Waals surface area contributed by atoms with Gasteiger partial charge in [-0.05, 0) is 55.7 Å². The highest BCUT2D eigenvalue weighted by molar-refractivity contribution is 5.75. The summed E-state index contributed by atoms with van der Waals surface area (Å²) in [7, 11) is 1.67. The zero-order valence-corrected chi connectivity index (χ0v) is 16.4. The van der Waals surface area contributed by atoms with Gasteiger partial charge in [0.05, 0.1) is 13.2 Å². The van der Waals surface area contributed by atoms with Crippen LogP contribution in [0.5, 0.6) is 5.75 Å². The minimum Gasteiger partial charge on any atom is -0.497 e. The Morgan fingerprint density at radius 3 is 2.54 bits per heavy atom. The Kier molecular flexibility index (Phi) is 7.91. The van der Waals surface area contributed by atoms with Crippen LogP contribution in [0.3, 0.4) is 0 Å². The summed E-state index contributed by atoms with van der Waals surface area (Å²) >= 11 is 0. The van der Waals surface area contributed by atoms with E-state index >= 15 is 0 Å². The summed E-state index contributed by atoms with van der Waals surface area (Å²) in [6, 6.07) is 7.60. The molecule has 1 fully saturated rings. The molecule has 0 amide bonds. The van der Waals surface area contributed by atoms with E-state index in [-0.39, 0.29) is 24.1 Å². The lowest BCUT2D eigenvalue weighted by Crippen LogP contribution is -2.41. The molecule has 1 aromatic carbocycles. The van der Waals surface area contributed by atoms with Crippen LogP contribution in [0.25, 0.3) is 0 Å². The monoisotopic (exact) mass is 363 g/mol. The van der Waals surface area contributed by atoms with Crippen LogP contribution in [0.4, 0.5) is 0 Å². The van der Waals surface area contributed by atoms with Gasteiger partial charge in [0, 0.05) is 6.61 Å². The number of benzene rings is 1. The largest absolute Gasteiger partial charge is 0.497 e. The quantitative estimate of drug-likeness (QED) is 0.785. The number of nitrogens with two attached hydrogens (primary N) is 1. The van der Waals surface area contributed by atoms with Crippen molar-refractivity contribution >= 4 is 5.97 Å². The molecule has 1 aliphatic heterocycles. The fourth-order valence-electron chi connectivity index (χ4n) is 3.46. The van der Waals surface area contributed by atoms with E-state index in [9.17, 15) is 4.79 Å². The molecule has 2 N–H and O–H groups in total. The number of methoxy groups -OCH3 is 1. The first-order valence-electron chi connectivity index (χ1n) is 9.61. The second-order valence-electron chi connectivity index (χ2n) is 7.68. The number of carbonyl (C=O) groups excluding carboxylic acids is 1. The van der Waals surface area contributed by atoms with Crippen LogP contribution in [-0.2, 0) is 20.7 Å². The van der Waals surface area contributed by atoms with Crippen molar-refractivity contribution in [3.05, 3.63) is 29.8 Å². The smallest absolute Gasteiger partial charge is 0.323 e. The second kappa shape index (κ2) is 9.93. The fourth-order valence-corrected chi connectivity index (χ4v) is 3.46. The van der Waals surface area contributed by atoms with E-state index < -0.39 is 6.04 Å². The normalized spacial score (nSPS) is 27.4. The van der Waals surface area contributed by atoms with Crippen LogP contribution in [0, 0.1) is 11.8 Å². The van der Waals surface area contributed by atoms with Crippen molar-refractivity contribution < 1.29 is 19.0 Å². The lowest BCUT2D eigenvalue weighted by Gasteiger charge is -2.32. The van der Waals surface area contributed by atoms with Crippen LogP contribution in [-0.4, -0.2) is 37.9 Å². The number of hydrogen-bond acceptors (Lipinski definition) is 5. The lowest BCUT2D eigenvalue weighted by molar-refractivity contribution is -0.160. The number of hydrogen-bond donors (Lipinski definition) is 1. The Morgan fingerprint density at radius 1 is 1.23 bits per heavy atom. The number of esters is 1. The molecular weight excluding hydrogens is 330 g/mol. The molecule has 146 valence electrons. The molecule has 0 aliphatic carbocycles. The van der Waals surface area contributed by atoms with Gasteiger partial charge in [-0.1, -0.05) is 32.4 Å². The molecule has 2 rings (SSSR count). The van der Waals surface area contributed by atoms with Crippen LogP contribution in [0.2, 0.25) is 0 Å². The maximum atomic E-state index is 12.1. The molecule has 1 heterocycles. The Morgan fingerprint density at radius 2 is 1.92 bits per heavy atom. The van der Waals surface area contributed by atoms with E-state index in [4.69, 9.17) is 19.9 Å². The molecule has 0 unspecified atom stereocenters. The highest BCUT2D eigenvalue weighted by atomic mass is 16.6. The summed E-state index contributed by atoms with van der Waals surface area (Å²) in [5, 5.41) is 0. The Hall–Kier alpha value is -1.59. The van der Waals surface area contributed by atoms with Crippen molar-refractivity contribution in [3.8, 4) is 5.75 Å². The molecule has 1 saturated heterocycles. The van der Waals surface area contributed by atoms with Crippen LogP contribution in [0.1, 0.15) is 45.6 Å². The van der Waals surface area contributed by atoms with Crippen molar-refractivity contribution in [2.45, 2.75) is 64.7 Å². The summed E-state index contributed by atoms with van der Waals surface area (Å²) in [6.07, 6.45) is 2.95. The van der Waals surface area contributed by atoms with E-state index in [0.29, 0.717) is 18.9 Å². The second-order valence-corrected chi connectivity index (χ2v) is 7.68. The van der Waals surface area contributed by atoms with Crippen LogP contribution < -0.4 is 10.5 Å². The van der Waals surface area contributed by atoms with E-state index in [1.165, 1.54) is 5.56 Å². The molecule has 0 saturated carbocycles. The molecule has 5 nitrogen and oxygen atoms in total. The number of cyclic esters (lactones) is 1. The number of ether oxygens (including phenoxy) is 3. The summed E-state index contributed by atoms with van der Waals surface area (Å²) < 4.78 is 17.1. The number of rotatable bonds is 6. The van der Waals surface area contributed by atoms with E-state index in [0.717, 1.165) is 25.0 Å². The fraction of sp³-hybridized carbons (Fsp3) is 0.667. The lowest BCUT2D eigenvalue weighted by atomic mass is 9.86. The maximum Gasteiger partial charge on any atom is 0.323 e. The maximum absolute atomic E-state index is 12.1. The Balaban J connectivity index is 2.18. The SMILES string of the molecule is COc1ccc(C[C@H]2CCC[C@H](N)C(=O)O[C@@H](C)[C@@H]2OCC(C)C)cc1. The summed E-state index contributed by atoms with van der Waals surface area (Å²) in [4.78, 5) is 12.1. The zero-order valence-electron chi connectivity index (χ0n) is 16.4. The van der Waals surface area contributed by atoms with Crippen molar-refractivity contribution in [1.29, 1.82) is 0 Å². The molecule has 1 aromatic rings. The standard InChI is InChI=1S/C21H33NO4/c1-14(2)13-25-20-15(3)26-21(23)19(22)7-5-6-17(20)12-16-8-10-18(24-4)11-9-16/h8-11,14-15,17,19-20H,5-7,12-13,22H2,1-4H3/t15-,17+,19-,20-/m0/s1. The molecule has 5 heteroatoms. The van der Waals surface area contributed by atoms with Gasteiger partial charge in [-0.15, -0.1) is 0 Å². The Labute approximate surface area is 157 Å². The zero-order chi connectivity index (χ0) is 19.1. The molecular formula is C21H33NO4. The molecule has 1 aliphatic rings. The topological polar surface area (TPSA) is 70.8 Å². The van der Waals surface area contributed by atoms with Gasteiger partial charge in [0.25, 0.3) is 0 Å². The minimum atomic E-state index is -0.539.